The van der Waals surface area contributed by atoms with Crippen LogP contribution in [-0.2, 0) is 14.8 Å². The average molecular weight is 610 g/mol. The number of carbonyl (C=O) groups is 1. The summed E-state index contributed by atoms with van der Waals surface area (Å²) in [5.74, 6) is -0.377. The number of hydrogen-bond acceptors (Lipinski definition) is 6. The van der Waals surface area contributed by atoms with Crippen LogP contribution in [0.5, 0.6) is 0 Å². The molecule has 1 amide bonds. The summed E-state index contributed by atoms with van der Waals surface area (Å²) in [7, 11) is -4.09. The maximum Gasteiger partial charge on any atom is 0.263 e. The molecule has 0 spiro atoms. The zero-order valence-corrected chi connectivity index (χ0v) is 24.0. The van der Waals surface area contributed by atoms with Gasteiger partial charge in [-0.2, -0.15) is 0 Å². The number of sulfonamides is 1. The number of hydrogen-bond donors (Lipinski definition) is 2. The van der Waals surface area contributed by atoms with E-state index in [0.29, 0.717) is 48.6 Å². The van der Waals surface area contributed by atoms with Gasteiger partial charge in [-0.05, 0) is 55.0 Å². The van der Waals surface area contributed by atoms with E-state index in [1.165, 1.54) is 18.2 Å². The Morgan fingerprint density at radius 2 is 1.62 bits per heavy atom. The summed E-state index contributed by atoms with van der Waals surface area (Å²) < 4.78 is 34.9. The summed E-state index contributed by atoms with van der Waals surface area (Å²) in [6, 6.07) is 16.7. The van der Waals surface area contributed by atoms with Gasteiger partial charge in [0.1, 0.15) is 4.90 Å². The highest BCUT2D eigenvalue weighted by Gasteiger charge is 2.27. The Bertz CT molecular complexity index is 1480. The fraction of sp³-hybridized carbons (Fsp3) is 0.296. The third-order valence-corrected chi connectivity index (χ3v) is 9.36. The molecule has 12 heteroatoms. The lowest BCUT2D eigenvalue weighted by molar-refractivity contribution is 0.0940. The van der Waals surface area contributed by atoms with E-state index in [4.69, 9.17) is 39.5 Å². The molecule has 0 aliphatic carbocycles. The molecular weight excluding hydrogens is 583 g/mol. The van der Waals surface area contributed by atoms with Crippen LogP contribution in [0.1, 0.15) is 16.8 Å². The van der Waals surface area contributed by atoms with Crippen molar-refractivity contribution in [3.8, 4) is 0 Å². The average Bonchev–Trinajstić information content (AvgIpc) is 3.39. The van der Waals surface area contributed by atoms with Gasteiger partial charge in [-0.3, -0.25) is 9.52 Å². The molecule has 0 aromatic heterocycles. The second-order valence-corrected chi connectivity index (χ2v) is 12.2. The summed E-state index contributed by atoms with van der Waals surface area (Å²) in [5.41, 5.74) is 2.31. The Labute approximate surface area is 242 Å². The zero-order chi connectivity index (χ0) is 27.6. The molecule has 3 aromatic rings. The summed E-state index contributed by atoms with van der Waals surface area (Å²) in [4.78, 5) is 17.1. The minimum absolute atomic E-state index is 0.0227. The van der Waals surface area contributed by atoms with E-state index in [9.17, 15) is 13.2 Å². The molecule has 2 heterocycles. The summed E-state index contributed by atoms with van der Waals surface area (Å²) in [5, 5.41) is 3.98. The number of anilines is 3. The number of rotatable bonds is 7. The van der Waals surface area contributed by atoms with Gasteiger partial charge in [-0.1, -0.05) is 46.9 Å². The zero-order valence-electron chi connectivity index (χ0n) is 20.9. The highest BCUT2D eigenvalue weighted by Crippen LogP contribution is 2.32. The van der Waals surface area contributed by atoms with Crippen LogP contribution in [0.4, 0.5) is 17.1 Å². The lowest BCUT2D eigenvalue weighted by Gasteiger charge is -2.30. The summed E-state index contributed by atoms with van der Waals surface area (Å²) in [6.07, 6.45) is 0.727. The van der Waals surface area contributed by atoms with Crippen LogP contribution in [0.3, 0.4) is 0 Å². The van der Waals surface area contributed by atoms with Gasteiger partial charge in [0.25, 0.3) is 15.9 Å². The Balaban J connectivity index is 1.30. The van der Waals surface area contributed by atoms with Gasteiger partial charge in [0.05, 0.1) is 39.7 Å². The van der Waals surface area contributed by atoms with Crippen molar-refractivity contribution < 1.29 is 17.9 Å². The van der Waals surface area contributed by atoms with Gasteiger partial charge in [0.2, 0.25) is 0 Å². The van der Waals surface area contributed by atoms with E-state index in [-0.39, 0.29) is 27.4 Å². The number of amides is 1. The number of ether oxygens (including phenoxy) is 1. The van der Waals surface area contributed by atoms with E-state index in [0.717, 1.165) is 24.3 Å². The molecule has 1 atom stereocenters. The van der Waals surface area contributed by atoms with E-state index >= 15 is 0 Å². The first-order valence-corrected chi connectivity index (χ1v) is 15.1. The Morgan fingerprint density at radius 3 is 2.38 bits per heavy atom. The summed E-state index contributed by atoms with van der Waals surface area (Å²) in [6.45, 7) is 3.75. The third kappa shape index (κ3) is 6.39. The van der Waals surface area contributed by atoms with E-state index in [1.807, 2.05) is 18.2 Å². The van der Waals surface area contributed by atoms with Gasteiger partial charge >= 0.3 is 0 Å². The number of carbonyl (C=O) groups excluding carboxylic acids is 1. The fourth-order valence-corrected chi connectivity index (χ4v) is 6.65. The van der Waals surface area contributed by atoms with Crippen molar-refractivity contribution in [2.24, 2.45) is 0 Å². The molecule has 39 heavy (non-hydrogen) atoms. The van der Waals surface area contributed by atoms with Crippen molar-refractivity contribution >= 4 is 67.8 Å². The molecule has 2 aliphatic heterocycles. The first-order valence-electron chi connectivity index (χ1n) is 12.5. The first kappa shape index (κ1) is 27.9. The molecule has 3 aromatic carbocycles. The van der Waals surface area contributed by atoms with Crippen molar-refractivity contribution in [3.63, 3.8) is 0 Å². The van der Waals surface area contributed by atoms with Crippen LogP contribution in [0.25, 0.3) is 0 Å². The standard InChI is InChI=1S/C27H27Cl3N4O4S/c28-21-8-6-20(16-23(21)30)34-10-9-19(17-34)31-27(35)18-5-7-22(29)26(15-18)39(36,37)32-24-3-1-2-4-25(24)33-11-13-38-14-12-33/h1-8,15-16,19,32H,9-14,17H2,(H,31,35). The van der Waals surface area contributed by atoms with Crippen molar-refractivity contribution in [1.82, 2.24) is 5.32 Å². The van der Waals surface area contributed by atoms with Gasteiger partial charge < -0.3 is 19.9 Å². The molecule has 2 saturated heterocycles. The maximum absolute atomic E-state index is 13.4. The summed E-state index contributed by atoms with van der Waals surface area (Å²) >= 11 is 18.5. The smallest absolute Gasteiger partial charge is 0.263 e. The third-order valence-electron chi connectivity index (χ3n) is 6.77. The largest absolute Gasteiger partial charge is 0.378 e. The number of morpholine rings is 1. The minimum atomic E-state index is -4.09. The van der Waals surface area contributed by atoms with Crippen LogP contribution in [0.15, 0.2) is 65.6 Å². The maximum atomic E-state index is 13.4. The quantitative estimate of drug-likeness (QED) is 0.378. The lowest BCUT2D eigenvalue weighted by Crippen LogP contribution is -2.37. The SMILES string of the molecule is O=C(NC1CCN(c2ccc(Cl)c(Cl)c2)C1)c1ccc(Cl)c(S(=O)(=O)Nc2ccccc2N2CCOCC2)c1. The van der Waals surface area contributed by atoms with Crippen LogP contribution in [0, 0.1) is 0 Å². The van der Waals surface area contributed by atoms with Crippen molar-refractivity contribution in [2.45, 2.75) is 17.4 Å². The number of para-hydroxylation sites is 2. The van der Waals surface area contributed by atoms with Crippen LogP contribution in [0.2, 0.25) is 15.1 Å². The number of nitrogens with zero attached hydrogens (tertiary/aromatic N) is 2. The topological polar surface area (TPSA) is 91.0 Å². The predicted molar refractivity (Wildman–Crippen MR) is 156 cm³/mol. The number of halogens is 3. The van der Waals surface area contributed by atoms with E-state index in [1.54, 1.807) is 24.3 Å². The molecule has 5 rings (SSSR count). The molecule has 8 nitrogen and oxygen atoms in total. The highest BCUT2D eigenvalue weighted by molar-refractivity contribution is 7.92. The normalized spacial score (nSPS) is 17.8. The van der Waals surface area contributed by atoms with Gasteiger partial charge in [-0.15, -0.1) is 0 Å². The second kappa shape index (κ2) is 11.8. The molecule has 0 saturated carbocycles. The van der Waals surface area contributed by atoms with Gasteiger partial charge in [0, 0.05) is 43.5 Å². The van der Waals surface area contributed by atoms with E-state index in [2.05, 4.69) is 19.8 Å². The van der Waals surface area contributed by atoms with Gasteiger partial charge in [0.15, 0.2) is 0 Å². The minimum Gasteiger partial charge on any atom is -0.378 e. The second-order valence-electron chi connectivity index (χ2n) is 9.37. The lowest BCUT2D eigenvalue weighted by atomic mass is 10.2. The molecule has 206 valence electrons. The van der Waals surface area contributed by atoms with Crippen molar-refractivity contribution in [3.05, 3.63) is 81.3 Å². The Morgan fingerprint density at radius 1 is 0.872 bits per heavy atom. The van der Waals surface area contributed by atoms with Gasteiger partial charge in [-0.25, -0.2) is 8.42 Å². The highest BCUT2D eigenvalue weighted by atomic mass is 35.5. The predicted octanol–water partition coefficient (Wildman–Crippen LogP) is 5.29. The monoisotopic (exact) mass is 608 g/mol. The molecular formula is C27H27Cl3N4O4S. The van der Waals surface area contributed by atoms with Crippen LogP contribution < -0.4 is 19.8 Å². The molecule has 0 bridgehead atoms. The van der Waals surface area contributed by atoms with Crippen molar-refractivity contribution in [2.75, 3.05) is 53.9 Å². The van der Waals surface area contributed by atoms with Crippen LogP contribution >= 0.6 is 34.8 Å². The molecule has 0 radical (unpaired) electrons. The molecule has 2 fully saturated rings. The van der Waals surface area contributed by atoms with Crippen LogP contribution in [-0.4, -0.2) is 59.8 Å². The Hall–Kier alpha value is -2.69. The fourth-order valence-electron chi connectivity index (χ4n) is 4.75. The first-order chi connectivity index (χ1) is 18.7. The number of nitrogens with one attached hydrogen (secondary N) is 2. The molecule has 2 N–H and O–H groups in total. The molecule has 2 aliphatic rings. The molecule has 1 unspecified atom stereocenters. The van der Waals surface area contributed by atoms with E-state index < -0.39 is 10.0 Å². The van der Waals surface area contributed by atoms with Crippen molar-refractivity contribution in [1.29, 1.82) is 0 Å². The Kier molecular flexibility index (Phi) is 8.44. The number of benzene rings is 3.